The van der Waals surface area contributed by atoms with Gasteiger partial charge in [-0.15, -0.1) is 12.4 Å². The van der Waals surface area contributed by atoms with E-state index in [0.29, 0.717) is 29.5 Å². The molecular formula is C21H25ClN4O4S. The summed E-state index contributed by atoms with van der Waals surface area (Å²) in [4.78, 5) is 32.3. The number of anilines is 1. The number of carbonyl (C=O) groups is 1. The SMILES string of the molecule is CCOc1cccc2sc(N(CCCN(C)C)C(=O)c3cccc([N+](=O)[O-])c3)nc12.Cl. The fourth-order valence-corrected chi connectivity index (χ4v) is 4.04. The quantitative estimate of drug-likeness (QED) is 0.339. The van der Waals surface area contributed by atoms with Gasteiger partial charge in [0.05, 0.1) is 16.2 Å². The van der Waals surface area contributed by atoms with Gasteiger partial charge < -0.3 is 9.64 Å². The monoisotopic (exact) mass is 464 g/mol. The second-order valence-electron chi connectivity index (χ2n) is 6.95. The molecule has 8 nitrogen and oxygen atoms in total. The molecule has 1 heterocycles. The van der Waals surface area contributed by atoms with Crippen LogP contribution in [0.3, 0.4) is 0 Å². The molecule has 0 bridgehead atoms. The molecule has 0 aliphatic carbocycles. The van der Waals surface area contributed by atoms with Crippen LogP contribution in [0.2, 0.25) is 0 Å². The standard InChI is InChI=1S/C21H24N4O4S.ClH/c1-4-29-17-10-6-11-18-19(17)22-21(30-18)24(13-7-12-23(2)3)20(26)15-8-5-9-16(14-15)25(27)28;/h5-6,8-11,14H,4,7,12-13H2,1-3H3;1H. The van der Waals surface area contributed by atoms with E-state index in [1.54, 1.807) is 11.0 Å². The van der Waals surface area contributed by atoms with E-state index in [1.165, 1.54) is 29.5 Å². The van der Waals surface area contributed by atoms with Crippen molar-refractivity contribution in [2.75, 3.05) is 38.7 Å². The number of ether oxygens (including phenoxy) is 1. The lowest BCUT2D eigenvalue weighted by molar-refractivity contribution is -0.384. The normalized spacial score (nSPS) is 10.7. The molecule has 0 spiro atoms. The van der Waals surface area contributed by atoms with E-state index < -0.39 is 4.92 Å². The van der Waals surface area contributed by atoms with Gasteiger partial charge in [0.1, 0.15) is 11.3 Å². The zero-order valence-electron chi connectivity index (χ0n) is 17.6. The Bertz CT molecular complexity index is 1060. The molecule has 31 heavy (non-hydrogen) atoms. The van der Waals surface area contributed by atoms with E-state index in [2.05, 4.69) is 4.98 Å². The Morgan fingerprint density at radius 3 is 2.61 bits per heavy atom. The highest BCUT2D eigenvalue weighted by Crippen LogP contribution is 2.35. The number of non-ortho nitro benzene ring substituents is 1. The molecule has 1 aromatic heterocycles. The minimum atomic E-state index is -0.501. The van der Waals surface area contributed by atoms with Crippen LogP contribution in [-0.2, 0) is 0 Å². The first kappa shape index (κ1) is 24.5. The van der Waals surface area contributed by atoms with Crippen molar-refractivity contribution >= 4 is 50.7 Å². The summed E-state index contributed by atoms with van der Waals surface area (Å²) in [6.45, 7) is 3.67. The van der Waals surface area contributed by atoms with Gasteiger partial charge in [-0.2, -0.15) is 0 Å². The molecule has 0 fully saturated rings. The van der Waals surface area contributed by atoms with Crippen molar-refractivity contribution in [3.63, 3.8) is 0 Å². The molecular weight excluding hydrogens is 440 g/mol. The van der Waals surface area contributed by atoms with Gasteiger partial charge in [-0.3, -0.25) is 19.8 Å². The molecule has 3 aromatic rings. The minimum Gasteiger partial charge on any atom is -0.492 e. The first-order valence-electron chi connectivity index (χ1n) is 9.64. The first-order valence-corrected chi connectivity index (χ1v) is 10.5. The minimum absolute atomic E-state index is 0. The third-order valence-electron chi connectivity index (χ3n) is 4.44. The van der Waals surface area contributed by atoms with Crippen LogP contribution >= 0.6 is 23.7 Å². The Morgan fingerprint density at radius 1 is 1.19 bits per heavy atom. The highest BCUT2D eigenvalue weighted by molar-refractivity contribution is 7.22. The van der Waals surface area contributed by atoms with Crippen LogP contribution in [0.1, 0.15) is 23.7 Å². The van der Waals surface area contributed by atoms with E-state index in [0.717, 1.165) is 17.7 Å². The van der Waals surface area contributed by atoms with Crippen molar-refractivity contribution in [3.05, 3.63) is 58.1 Å². The summed E-state index contributed by atoms with van der Waals surface area (Å²) < 4.78 is 6.59. The zero-order chi connectivity index (χ0) is 21.7. The molecule has 3 rings (SSSR count). The maximum Gasteiger partial charge on any atom is 0.270 e. The predicted octanol–water partition coefficient (Wildman–Crippen LogP) is 4.62. The van der Waals surface area contributed by atoms with Crippen LogP contribution in [0.4, 0.5) is 10.8 Å². The fourth-order valence-electron chi connectivity index (χ4n) is 3.04. The van der Waals surface area contributed by atoms with Gasteiger partial charge in [0, 0.05) is 24.2 Å². The summed E-state index contributed by atoms with van der Waals surface area (Å²) in [7, 11) is 3.94. The zero-order valence-corrected chi connectivity index (χ0v) is 19.2. The number of benzene rings is 2. The van der Waals surface area contributed by atoms with Gasteiger partial charge >= 0.3 is 0 Å². The average molecular weight is 465 g/mol. The summed E-state index contributed by atoms with van der Waals surface area (Å²) >= 11 is 1.40. The Balaban J connectivity index is 0.00000341. The van der Waals surface area contributed by atoms with E-state index in [-0.39, 0.29) is 29.6 Å². The highest BCUT2D eigenvalue weighted by Gasteiger charge is 2.23. The van der Waals surface area contributed by atoms with Crippen LogP contribution in [0.15, 0.2) is 42.5 Å². The summed E-state index contributed by atoms with van der Waals surface area (Å²) in [5, 5.41) is 11.7. The van der Waals surface area contributed by atoms with Crippen molar-refractivity contribution in [1.29, 1.82) is 0 Å². The Kier molecular flexibility index (Phi) is 8.73. The van der Waals surface area contributed by atoms with E-state index >= 15 is 0 Å². The molecule has 0 saturated carbocycles. The van der Waals surface area contributed by atoms with Crippen LogP contribution in [-0.4, -0.2) is 54.5 Å². The lowest BCUT2D eigenvalue weighted by atomic mass is 10.1. The molecule has 0 atom stereocenters. The molecule has 0 aliphatic heterocycles. The smallest absolute Gasteiger partial charge is 0.270 e. The number of hydrogen-bond donors (Lipinski definition) is 0. The number of hydrogen-bond acceptors (Lipinski definition) is 7. The van der Waals surface area contributed by atoms with Crippen molar-refractivity contribution in [2.24, 2.45) is 0 Å². The van der Waals surface area contributed by atoms with Gasteiger partial charge in [-0.25, -0.2) is 4.98 Å². The number of rotatable bonds is 9. The topological polar surface area (TPSA) is 88.8 Å². The molecule has 2 aromatic carbocycles. The highest BCUT2D eigenvalue weighted by atomic mass is 35.5. The summed E-state index contributed by atoms with van der Waals surface area (Å²) in [6.07, 6.45) is 0.738. The molecule has 0 aliphatic rings. The number of thiazole rings is 1. The van der Waals surface area contributed by atoms with E-state index in [1.807, 2.05) is 44.1 Å². The molecule has 0 saturated heterocycles. The van der Waals surface area contributed by atoms with Crippen molar-refractivity contribution in [3.8, 4) is 5.75 Å². The second-order valence-corrected chi connectivity index (χ2v) is 7.96. The lowest BCUT2D eigenvalue weighted by Gasteiger charge is -2.21. The van der Waals surface area contributed by atoms with Gasteiger partial charge in [-0.1, -0.05) is 23.5 Å². The predicted molar refractivity (Wildman–Crippen MR) is 126 cm³/mol. The van der Waals surface area contributed by atoms with Crippen molar-refractivity contribution < 1.29 is 14.5 Å². The number of nitro groups is 1. The molecule has 0 radical (unpaired) electrons. The van der Waals surface area contributed by atoms with Gasteiger partial charge in [0.2, 0.25) is 0 Å². The lowest BCUT2D eigenvalue weighted by Crippen LogP contribution is -2.33. The second kappa shape index (κ2) is 11.0. The number of nitrogens with zero attached hydrogens (tertiary/aromatic N) is 4. The first-order chi connectivity index (χ1) is 14.4. The Hall–Kier alpha value is -2.75. The van der Waals surface area contributed by atoms with Crippen LogP contribution in [0.5, 0.6) is 5.75 Å². The maximum atomic E-state index is 13.3. The number of fused-ring (bicyclic) bond motifs is 1. The number of nitro benzene ring substituents is 1. The van der Waals surface area contributed by atoms with E-state index in [9.17, 15) is 14.9 Å². The van der Waals surface area contributed by atoms with Crippen LogP contribution in [0.25, 0.3) is 10.2 Å². The molecule has 166 valence electrons. The van der Waals surface area contributed by atoms with Gasteiger partial charge in [-0.05, 0) is 52.2 Å². The fraction of sp³-hybridized carbons (Fsp3) is 0.333. The van der Waals surface area contributed by atoms with Gasteiger partial charge in [0.15, 0.2) is 5.13 Å². The number of aromatic nitrogens is 1. The van der Waals surface area contributed by atoms with Crippen molar-refractivity contribution in [2.45, 2.75) is 13.3 Å². The summed E-state index contributed by atoms with van der Waals surface area (Å²) in [5.41, 5.74) is 0.860. The van der Waals surface area contributed by atoms with Crippen LogP contribution in [0, 0.1) is 10.1 Å². The van der Waals surface area contributed by atoms with E-state index in [4.69, 9.17) is 4.74 Å². The molecule has 10 heteroatoms. The summed E-state index contributed by atoms with van der Waals surface area (Å²) in [5.74, 6) is 0.364. The number of carbonyl (C=O) groups excluding carboxylic acids is 1. The number of para-hydroxylation sites is 1. The molecule has 0 unspecified atom stereocenters. The number of halogens is 1. The largest absolute Gasteiger partial charge is 0.492 e. The third-order valence-corrected chi connectivity index (χ3v) is 5.48. The molecule has 0 N–H and O–H groups in total. The van der Waals surface area contributed by atoms with Gasteiger partial charge in [0.25, 0.3) is 11.6 Å². The third kappa shape index (κ3) is 5.90. The summed E-state index contributed by atoms with van der Waals surface area (Å²) in [6, 6.07) is 11.5. The Morgan fingerprint density at radius 2 is 1.94 bits per heavy atom. The number of amides is 1. The molecule has 1 amide bonds. The van der Waals surface area contributed by atoms with Crippen LogP contribution < -0.4 is 9.64 Å². The Labute approximate surface area is 191 Å². The maximum absolute atomic E-state index is 13.3. The average Bonchev–Trinajstić information content (AvgIpc) is 3.16. The van der Waals surface area contributed by atoms with Crippen molar-refractivity contribution in [1.82, 2.24) is 9.88 Å².